The first-order chi connectivity index (χ1) is 16.4. The third kappa shape index (κ3) is 3.90. The van der Waals surface area contributed by atoms with Gasteiger partial charge in [-0.2, -0.15) is 0 Å². The van der Waals surface area contributed by atoms with E-state index < -0.39 is 4.92 Å². The Labute approximate surface area is 196 Å². The molecule has 0 saturated heterocycles. The molecular weight excluding hydrogens is 432 g/mol. The number of fused-ring (bicyclic) bond motifs is 2. The van der Waals surface area contributed by atoms with Crippen LogP contribution >= 0.6 is 0 Å². The normalized spacial score (nSPS) is 15.8. The van der Waals surface area contributed by atoms with Crippen molar-refractivity contribution in [1.29, 1.82) is 0 Å². The fraction of sp³-hybridized carbons (Fsp3) is 0.154. The van der Waals surface area contributed by atoms with Crippen LogP contribution in [0.4, 0.5) is 17.1 Å². The molecule has 5 rings (SSSR count). The smallest absolute Gasteiger partial charge is 0.270 e. The fourth-order valence-electron chi connectivity index (χ4n) is 4.45. The van der Waals surface area contributed by atoms with E-state index >= 15 is 0 Å². The first-order valence-electron chi connectivity index (χ1n) is 10.9. The number of carbonyl (C=O) groups excluding carboxylic acids is 2. The summed E-state index contributed by atoms with van der Waals surface area (Å²) in [6.07, 6.45) is 0.793. The summed E-state index contributed by atoms with van der Waals surface area (Å²) < 4.78 is 0. The number of benzene rings is 3. The van der Waals surface area contributed by atoms with Crippen LogP contribution in [-0.2, 0) is 22.6 Å². The molecule has 2 aliphatic rings. The number of nitro benzene ring substituents is 1. The maximum atomic E-state index is 13.0. The topological polar surface area (TPSA) is 105 Å². The number of hydrogen-bond donors (Lipinski definition) is 2. The molecular formula is C26H22N4O4. The molecule has 0 aromatic heterocycles. The molecule has 2 N–H and O–H groups in total. The summed E-state index contributed by atoms with van der Waals surface area (Å²) in [7, 11) is 0. The van der Waals surface area contributed by atoms with E-state index in [-0.39, 0.29) is 17.5 Å². The molecule has 34 heavy (non-hydrogen) atoms. The second-order valence-corrected chi connectivity index (χ2v) is 8.36. The largest absolute Gasteiger partial charge is 0.354 e. The molecule has 170 valence electrons. The maximum absolute atomic E-state index is 13.0. The van der Waals surface area contributed by atoms with E-state index in [0.717, 1.165) is 23.2 Å². The highest BCUT2D eigenvalue weighted by Crippen LogP contribution is 2.39. The van der Waals surface area contributed by atoms with Gasteiger partial charge in [-0.3, -0.25) is 19.7 Å². The first-order valence-corrected chi connectivity index (χ1v) is 10.9. The van der Waals surface area contributed by atoms with Gasteiger partial charge in [-0.05, 0) is 41.3 Å². The minimum Gasteiger partial charge on any atom is -0.354 e. The zero-order valence-corrected chi connectivity index (χ0v) is 18.5. The molecule has 0 unspecified atom stereocenters. The van der Waals surface area contributed by atoms with Gasteiger partial charge in [0.15, 0.2) is 0 Å². The van der Waals surface area contributed by atoms with E-state index in [1.807, 2.05) is 53.4 Å². The maximum Gasteiger partial charge on any atom is 0.270 e. The van der Waals surface area contributed by atoms with E-state index in [1.54, 1.807) is 13.0 Å². The van der Waals surface area contributed by atoms with Crippen molar-refractivity contribution in [2.24, 2.45) is 0 Å². The highest BCUT2D eigenvalue weighted by atomic mass is 16.6. The zero-order valence-electron chi connectivity index (χ0n) is 18.5. The average Bonchev–Trinajstić information content (AvgIpc) is 3.17. The lowest BCUT2D eigenvalue weighted by atomic mass is 9.97. The Balaban J connectivity index is 1.62. The van der Waals surface area contributed by atoms with Gasteiger partial charge in [0.05, 0.1) is 16.2 Å². The highest BCUT2D eigenvalue weighted by molar-refractivity contribution is 6.37. The number of hydrogen-bond acceptors (Lipinski definition) is 5. The SMILES string of the molecule is CC(=O)N1CCc2ccc(NC(=C3C(=O)Nc4ccc([N+](=O)[O-])cc43)c3ccccc3)cc2C1. The Kier molecular flexibility index (Phi) is 5.33. The molecule has 0 spiro atoms. The molecule has 0 aliphatic carbocycles. The van der Waals surface area contributed by atoms with Crippen LogP contribution < -0.4 is 10.6 Å². The Bertz CT molecular complexity index is 1360. The molecule has 0 radical (unpaired) electrons. The van der Waals surface area contributed by atoms with Crippen LogP contribution in [-0.4, -0.2) is 28.2 Å². The number of carbonyl (C=O) groups is 2. The Morgan fingerprint density at radius 3 is 2.59 bits per heavy atom. The van der Waals surface area contributed by atoms with Gasteiger partial charge in [0.2, 0.25) is 5.91 Å². The third-order valence-electron chi connectivity index (χ3n) is 6.20. The number of nitrogens with zero attached hydrogens (tertiary/aromatic N) is 2. The summed E-state index contributed by atoms with van der Waals surface area (Å²) in [4.78, 5) is 37.6. The van der Waals surface area contributed by atoms with Crippen LogP contribution in [0.25, 0.3) is 11.3 Å². The lowest BCUT2D eigenvalue weighted by molar-refractivity contribution is -0.384. The van der Waals surface area contributed by atoms with E-state index in [2.05, 4.69) is 10.6 Å². The number of nitrogens with one attached hydrogen (secondary N) is 2. The van der Waals surface area contributed by atoms with Gasteiger partial charge in [-0.1, -0.05) is 36.4 Å². The van der Waals surface area contributed by atoms with Crippen molar-refractivity contribution in [3.63, 3.8) is 0 Å². The monoisotopic (exact) mass is 454 g/mol. The fourth-order valence-corrected chi connectivity index (χ4v) is 4.45. The Morgan fingerprint density at radius 1 is 1.06 bits per heavy atom. The second kappa shape index (κ2) is 8.47. The van der Waals surface area contributed by atoms with Gasteiger partial charge < -0.3 is 15.5 Å². The summed E-state index contributed by atoms with van der Waals surface area (Å²) >= 11 is 0. The minimum absolute atomic E-state index is 0.0388. The predicted molar refractivity (Wildman–Crippen MR) is 130 cm³/mol. The van der Waals surface area contributed by atoms with Gasteiger partial charge in [-0.25, -0.2) is 0 Å². The summed E-state index contributed by atoms with van der Waals surface area (Å²) in [5, 5.41) is 17.6. The first kappa shape index (κ1) is 21.4. The molecule has 3 aromatic rings. The van der Waals surface area contributed by atoms with Crippen LogP contribution in [0, 0.1) is 10.1 Å². The molecule has 2 amide bonds. The molecule has 0 fully saturated rings. The lowest BCUT2D eigenvalue weighted by Gasteiger charge is -2.28. The molecule has 0 saturated carbocycles. The van der Waals surface area contributed by atoms with E-state index in [4.69, 9.17) is 0 Å². The number of amides is 2. The molecule has 2 heterocycles. The Hall–Kier alpha value is -4.46. The standard InChI is InChI=1S/C26H22N4O4/c1-16(31)29-12-11-17-7-8-20(13-19(17)15-29)27-25(18-5-3-2-4-6-18)24-22-14-21(30(33)34)9-10-23(22)28-26(24)32/h2-10,13-14,27H,11-12,15H2,1H3,(H,28,32). The van der Waals surface area contributed by atoms with Crippen molar-refractivity contribution >= 4 is 40.1 Å². The zero-order chi connectivity index (χ0) is 23.8. The molecule has 0 bridgehead atoms. The van der Waals surface area contributed by atoms with Crippen LogP contribution in [0.5, 0.6) is 0 Å². The van der Waals surface area contributed by atoms with Crippen molar-refractivity contribution in [3.8, 4) is 0 Å². The molecule has 0 atom stereocenters. The average molecular weight is 454 g/mol. The second-order valence-electron chi connectivity index (χ2n) is 8.36. The number of nitro groups is 1. The van der Waals surface area contributed by atoms with Crippen LogP contribution in [0.1, 0.15) is 29.2 Å². The minimum atomic E-state index is -0.472. The molecule has 8 nitrogen and oxygen atoms in total. The van der Waals surface area contributed by atoms with Crippen LogP contribution in [0.3, 0.4) is 0 Å². The predicted octanol–water partition coefficient (Wildman–Crippen LogP) is 4.43. The van der Waals surface area contributed by atoms with E-state index in [9.17, 15) is 19.7 Å². The summed E-state index contributed by atoms with van der Waals surface area (Å²) in [6.45, 7) is 2.80. The van der Waals surface area contributed by atoms with Crippen molar-refractivity contribution in [2.75, 3.05) is 17.2 Å². The van der Waals surface area contributed by atoms with Gasteiger partial charge >= 0.3 is 0 Å². The summed E-state index contributed by atoms with van der Waals surface area (Å²) in [5.74, 6) is -0.292. The molecule has 2 aliphatic heterocycles. The number of rotatable bonds is 4. The van der Waals surface area contributed by atoms with E-state index in [0.29, 0.717) is 35.6 Å². The Morgan fingerprint density at radius 2 is 1.85 bits per heavy atom. The van der Waals surface area contributed by atoms with Gasteiger partial charge in [-0.15, -0.1) is 0 Å². The highest BCUT2D eigenvalue weighted by Gasteiger charge is 2.30. The van der Waals surface area contributed by atoms with Crippen molar-refractivity contribution < 1.29 is 14.5 Å². The van der Waals surface area contributed by atoms with E-state index in [1.165, 1.54) is 17.7 Å². The molecule has 3 aromatic carbocycles. The number of anilines is 2. The van der Waals surface area contributed by atoms with Crippen molar-refractivity contribution in [1.82, 2.24) is 4.90 Å². The van der Waals surface area contributed by atoms with Crippen LogP contribution in [0.15, 0.2) is 66.7 Å². The van der Waals surface area contributed by atoms with Gasteiger partial charge in [0, 0.05) is 49.1 Å². The van der Waals surface area contributed by atoms with Gasteiger partial charge in [0.1, 0.15) is 0 Å². The summed E-state index contributed by atoms with van der Waals surface area (Å²) in [5.41, 5.74) is 5.60. The number of non-ortho nitro benzene ring substituents is 1. The lowest BCUT2D eigenvalue weighted by Crippen LogP contribution is -2.34. The van der Waals surface area contributed by atoms with Crippen molar-refractivity contribution in [2.45, 2.75) is 19.9 Å². The quantitative estimate of drug-likeness (QED) is 0.345. The van der Waals surface area contributed by atoms with Crippen LogP contribution in [0.2, 0.25) is 0 Å². The van der Waals surface area contributed by atoms with Gasteiger partial charge in [0.25, 0.3) is 11.6 Å². The van der Waals surface area contributed by atoms with Crippen molar-refractivity contribution in [3.05, 3.63) is 99.1 Å². The molecule has 8 heteroatoms. The summed E-state index contributed by atoms with van der Waals surface area (Å²) in [6, 6.07) is 19.7. The third-order valence-corrected chi connectivity index (χ3v) is 6.20.